The summed E-state index contributed by atoms with van der Waals surface area (Å²) in [6.07, 6.45) is 1.50. The molecule has 0 saturated carbocycles. The van der Waals surface area contributed by atoms with E-state index in [0.717, 1.165) is 5.69 Å². The van der Waals surface area contributed by atoms with Crippen LogP contribution in [0.2, 0.25) is 5.02 Å². The molecule has 1 aliphatic rings. The van der Waals surface area contributed by atoms with Crippen LogP contribution in [0.15, 0.2) is 54.7 Å². The van der Waals surface area contributed by atoms with Crippen molar-refractivity contribution >= 4 is 34.7 Å². The summed E-state index contributed by atoms with van der Waals surface area (Å²) < 4.78 is 15.7. The number of methoxy groups -OCH3 is 1. The fourth-order valence-electron chi connectivity index (χ4n) is 2.67. The van der Waals surface area contributed by atoms with E-state index in [0.29, 0.717) is 39.3 Å². The number of benzene rings is 2. The van der Waals surface area contributed by atoms with Crippen molar-refractivity contribution in [1.82, 2.24) is 4.98 Å². The van der Waals surface area contributed by atoms with Crippen LogP contribution in [-0.4, -0.2) is 24.8 Å². The second-order valence-corrected chi connectivity index (χ2v) is 6.34. The molecular weight excluding hydrogens is 382 g/mol. The number of halogens is 1. The topological polar surface area (TPSA) is 81.7 Å². The Morgan fingerprint density at radius 1 is 1.07 bits per heavy atom. The highest BCUT2D eigenvalue weighted by molar-refractivity contribution is 6.32. The van der Waals surface area contributed by atoms with Gasteiger partial charge in [0.05, 0.1) is 17.7 Å². The van der Waals surface area contributed by atoms with Crippen molar-refractivity contribution < 1.29 is 19.0 Å². The zero-order chi connectivity index (χ0) is 19.5. The van der Waals surface area contributed by atoms with E-state index in [1.807, 2.05) is 18.2 Å². The minimum Gasteiger partial charge on any atom is -0.495 e. The summed E-state index contributed by atoms with van der Waals surface area (Å²) in [4.78, 5) is 16.7. The van der Waals surface area contributed by atoms with E-state index in [1.54, 1.807) is 30.3 Å². The fraction of sp³-hybridized carbons (Fsp3) is 0.100. The lowest BCUT2D eigenvalue weighted by molar-refractivity contribution is 0.102. The SMILES string of the molecule is COc1ccc(NC(=O)c2ccc(Nc3ccc4c(c3)OCO4)nc2)cc1Cl. The van der Waals surface area contributed by atoms with E-state index >= 15 is 0 Å². The molecule has 2 aromatic carbocycles. The minimum atomic E-state index is -0.289. The standard InChI is InChI=1S/C20H16ClN3O4/c1-26-16-5-3-13(8-15(16)21)24-20(25)12-2-7-19(22-10-12)23-14-4-6-17-18(9-14)28-11-27-17/h2-10H,11H2,1H3,(H,22,23)(H,24,25). The molecule has 1 aromatic heterocycles. The number of ether oxygens (including phenoxy) is 3. The van der Waals surface area contributed by atoms with Gasteiger partial charge in [0.2, 0.25) is 6.79 Å². The third kappa shape index (κ3) is 3.79. The molecule has 0 saturated heterocycles. The average molecular weight is 398 g/mol. The summed E-state index contributed by atoms with van der Waals surface area (Å²) in [6, 6.07) is 14.0. The molecule has 2 N–H and O–H groups in total. The summed E-state index contributed by atoms with van der Waals surface area (Å²) in [5, 5.41) is 6.36. The number of nitrogens with one attached hydrogen (secondary N) is 2. The first-order valence-corrected chi connectivity index (χ1v) is 8.78. The zero-order valence-electron chi connectivity index (χ0n) is 14.9. The number of nitrogens with zero attached hydrogens (tertiary/aromatic N) is 1. The number of aromatic nitrogens is 1. The molecule has 1 amide bonds. The maximum Gasteiger partial charge on any atom is 0.257 e. The number of hydrogen-bond acceptors (Lipinski definition) is 6. The number of hydrogen-bond donors (Lipinski definition) is 2. The van der Waals surface area contributed by atoms with Crippen molar-refractivity contribution in [3.05, 3.63) is 65.3 Å². The lowest BCUT2D eigenvalue weighted by atomic mass is 10.2. The molecule has 7 nitrogen and oxygen atoms in total. The smallest absolute Gasteiger partial charge is 0.257 e. The fourth-order valence-corrected chi connectivity index (χ4v) is 2.93. The molecule has 28 heavy (non-hydrogen) atoms. The number of amides is 1. The predicted molar refractivity (Wildman–Crippen MR) is 106 cm³/mol. The van der Waals surface area contributed by atoms with Crippen LogP contribution in [-0.2, 0) is 0 Å². The first kappa shape index (κ1) is 17.9. The molecule has 2 heterocycles. The van der Waals surface area contributed by atoms with Gasteiger partial charge in [-0.25, -0.2) is 4.98 Å². The van der Waals surface area contributed by atoms with Gasteiger partial charge in [-0.3, -0.25) is 4.79 Å². The Labute approximate surface area is 166 Å². The van der Waals surface area contributed by atoms with Crippen molar-refractivity contribution in [2.45, 2.75) is 0 Å². The van der Waals surface area contributed by atoms with E-state index in [2.05, 4.69) is 15.6 Å². The van der Waals surface area contributed by atoms with E-state index < -0.39 is 0 Å². The first-order valence-electron chi connectivity index (χ1n) is 8.40. The lowest BCUT2D eigenvalue weighted by Gasteiger charge is -2.09. The Bertz CT molecular complexity index is 1020. The molecule has 142 valence electrons. The summed E-state index contributed by atoms with van der Waals surface area (Å²) in [6.45, 7) is 0.222. The molecule has 0 unspecified atom stereocenters. The van der Waals surface area contributed by atoms with Crippen LogP contribution < -0.4 is 24.8 Å². The van der Waals surface area contributed by atoms with Crippen molar-refractivity contribution in [3.8, 4) is 17.2 Å². The van der Waals surface area contributed by atoms with Crippen molar-refractivity contribution in [2.24, 2.45) is 0 Å². The van der Waals surface area contributed by atoms with E-state index in [1.165, 1.54) is 13.3 Å². The van der Waals surface area contributed by atoms with Crippen LogP contribution in [0.3, 0.4) is 0 Å². The number of carbonyl (C=O) groups is 1. The predicted octanol–water partition coefficient (Wildman–Crippen LogP) is 4.47. The summed E-state index contributed by atoms with van der Waals surface area (Å²) in [5.41, 5.74) is 1.79. The molecule has 8 heteroatoms. The third-order valence-electron chi connectivity index (χ3n) is 4.08. The zero-order valence-corrected chi connectivity index (χ0v) is 15.6. The lowest BCUT2D eigenvalue weighted by Crippen LogP contribution is -2.12. The third-order valence-corrected chi connectivity index (χ3v) is 4.38. The van der Waals surface area contributed by atoms with Crippen LogP contribution >= 0.6 is 11.6 Å². The van der Waals surface area contributed by atoms with Crippen LogP contribution in [0.5, 0.6) is 17.2 Å². The number of carbonyl (C=O) groups excluding carboxylic acids is 1. The molecule has 0 bridgehead atoms. The maximum absolute atomic E-state index is 12.4. The van der Waals surface area contributed by atoms with Gasteiger partial charge in [-0.1, -0.05) is 11.6 Å². The van der Waals surface area contributed by atoms with Gasteiger partial charge >= 0.3 is 0 Å². The van der Waals surface area contributed by atoms with Gasteiger partial charge in [0.15, 0.2) is 11.5 Å². The highest BCUT2D eigenvalue weighted by atomic mass is 35.5. The van der Waals surface area contributed by atoms with Gasteiger partial charge in [0, 0.05) is 23.6 Å². The summed E-state index contributed by atoms with van der Waals surface area (Å²) in [5.74, 6) is 2.25. The molecule has 0 spiro atoms. The number of pyridine rings is 1. The van der Waals surface area contributed by atoms with Gasteiger partial charge < -0.3 is 24.8 Å². The molecule has 0 atom stereocenters. The van der Waals surface area contributed by atoms with Gasteiger partial charge in [-0.05, 0) is 42.5 Å². The molecule has 0 aliphatic carbocycles. The van der Waals surface area contributed by atoms with Gasteiger partial charge in [-0.2, -0.15) is 0 Å². The Balaban J connectivity index is 1.42. The number of rotatable bonds is 5. The molecule has 1 aliphatic heterocycles. The second kappa shape index (κ2) is 7.66. The molecular formula is C20H16ClN3O4. The quantitative estimate of drug-likeness (QED) is 0.661. The van der Waals surface area contributed by atoms with Crippen LogP contribution in [0.25, 0.3) is 0 Å². The minimum absolute atomic E-state index is 0.222. The largest absolute Gasteiger partial charge is 0.495 e. The normalized spacial score (nSPS) is 11.8. The Kier molecular flexibility index (Phi) is 4.90. The molecule has 4 rings (SSSR count). The molecule has 0 radical (unpaired) electrons. The maximum atomic E-state index is 12.4. The molecule has 3 aromatic rings. The van der Waals surface area contributed by atoms with Crippen LogP contribution in [0.1, 0.15) is 10.4 Å². The van der Waals surface area contributed by atoms with E-state index in [4.69, 9.17) is 25.8 Å². The van der Waals surface area contributed by atoms with Crippen molar-refractivity contribution in [1.29, 1.82) is 0 Å². The monoisotopic (exact) mass is 397 g/mol. The summed E-state index contributed by atoms with van der Waals surface area (Å²) in [7, 11) is 1.53. The average Bonchev–Trinajstić information content (AvgIpc) is 3.16. The van der Waals surface area contributed by atoms with Crippen LogP contribution in [0, 0.1) is 0 Å². The Morgan fingerprint density at radius 2 is 1.89 bits per heavy atom. The Morgan fingerprint density at radius 3 is 2.64 bits per heavy atom. The Hall–Kier alpha value is -3.45. The number of fused-ring (bicyclic) bond motifs is 1. The van der Waals surface area contributed by atoms with Gasteiger partial charge in [-0.15, -0.1) is 0 Å². The second-order valence-electron chi connectivity index (χ2n) is 5.93. The van der Waals surface area contributed by atoms with Gasteiger partial charge in [0.1, 0.15) is 11.6 Å². The van der Waals surface area contributed by atoms with E-state index in [-0.39, 0.29) is 12.7 Å². The van der Waals surface area contributed by atoms with Crippen molar-refractivity contribution in [2.75, 3.05) is 24.5 Å². The van der Waals surface area contributed by atoms with Crippen LogP contribution in [0.4, 0.5) is 17.2 Å². The highest BCUT2D eigenvalue weighted by Crippen LogP contribution is 2.35. The van der Waals surface area contributed by atoms with Gasteiger partial charge in [0.25, 0.3) is 5.91 Å². The molecule has 0 fully saturated rings. The first-order chi connectivity index (χ1) is 13.6. The van der Waals surface area contributed by atoms with Crippen molar-refractivity contribution in [3.63, 3.8) is 0 Å². The summed E-state index contributed by atoms with van der Waals surface area (Å²) >= 11 is 6.08. The number of anilines is 3. The van der Waals surface area contributed by atoms with E-state index in [9.17, 15) is 4.79 Å². The highest BCUT2D eigenvalue weighted by Gasteiger charge is 2.14.